The van der Waals surface area contributed by atoms with Crippen LogP contribution in [0.5, 0.6) is 0 Å². The van der Waals surface area contributed by atoms with Gasteiger partial charge in [-0.2, -0.15) is 0 Å². The van der Waals surface area contributed by atoms with Gasteiger partial charge < -0.3 is 10.0 Å². The molecule has 1 aliphatic rings. The number of anilines is 1. The Morgan fingerprint density at radius 1 is 1.28 bits per heavy atom. The van der Waals surface area contributed by atoms with Crippen LogP contribution in [-0.4, -0.2) is 34.3 Å². The number of aromatic nitrogens is 2. The van der Waals surface area contributed by atoms with Crippen LogP contribution in [0.15, 0.2) is 28.9 Å². The van der Waals surface area contributed by atoms with Gasteiger partial charge in [-0.25, -0.2) is 9.97 Å². The molecular formula is C13H14BrN3O. The monoisotopic (exact) mass is 307 g/mol. The second kappa shape index (κ2) is 4.82. The highest BCUT2D eigenvalue weighted by Crippen LogP contribution is 2.21. The number of aliphatic hydroxyl groups excluding tert-OH is 1. The lowest BCUT2D eigenvalue weighted by atomic mass is 10.1. The van der Waals surface area contributed by atoms with E-state index in [0.29, 0.717) is 0 Å². The maximum absolute atomic E-state index is 9.50. The Morgan fingerprint density at radius 3 is 2.83 bits per heavy atom. The Labute approximate surface area is 114 Å². The van der Waals surface area contributed by atoms with Crippen LogP contribution in [0.4, 0.5) is 5.95 Å². The van der Waals surface area contributed by atoms with E-state index in [0.717, 1.165) is 47.3 Å². The van der Waals surface area contributed by atoms with E-state index in [1.54, 1.807) is 0 Å². The van der Waals surface area contributed by atoms with Crippen LogP contribution >= 0.6 is 15.9 Å². The van der Waals surface area contributed by atoms with Crippen molar-refractivity contribution in [2.45, 2.75) is 18.9 Å². The summed E-state index contributed by atoms with van der Waals surface area (Å²) in [4.78, 5) is 11.1. The molecule has 5 heteroatoms. The SMILES string of the molecule is OC1CCN(c2ncc3cc(Br)ccc3n2)CC1. The Kier molecular flexibility index (Phi) is 3.18. The zero-order chi connectivity index (χ0) is 12.5. The molecule has 1 N–H and O–H groups in total. The maximum atomic E-state index is 9.50. The first-order valence-corrected chi connectivity index (χ1v) is 6.87. The first-order valence-electron chi connectivity index (χ1n) is 6.08. The molecular weight excluding hydrogens is 294 g/mol. The van der Waals surface area contributed by atoms with Gasteiger partial charge in [0, 0.05) is 29.1 Å². The number of benzene rings is 1. The zero-order valence-electron chi connectivity index (χ0n) is 9.88. The molecule has 2 heterocycles. The van der Waals surface area contributed by atoms with E-state index in [-0.39, 0.29) is 6.10 Å². The molecule has 1 aliphatic heterocycles. The summed E-state index contributed by atoms with van der Waals surface area (Å²) < 4.78 is 1.03. The second-order valence-electron chi connectivity index (χ2n) is 4.59. The van der Waals surface area contributed by atoms with Crippen LogP contribution < -0.4 is 4.90 Å². The van der Waals surface area contributed by atoms with Crippen LogP contribution in [0.2, 0.25) is 0 Å². The van der Waals surface area contributed by atoms with E-state index in [4.69, 9.17) is 0 Å². The van der Waals surface area contributed by atoms with Gasteiger partial charge in [0.1, 0.15) is 0 Å². The van der Waals surface area contributed by atoms with Crippen molar-refractivity contribution in [2.75, 3.05) is 18.0 Å². The number of hydrogen-bond acceptors (Lipinski definition) is 4. The van der Waals surface area contributed by atoms with Crippen molar-refractivity contribution in [2.24, 2.45) is 0 Å². The number of nitrogens with zero attached hydrogens (tertiary/aromatic N) is 3. The maximum Gasteiger partial charge on any atom is 0.225 e. The minimum absolute atomic E-state index is 0.169. The molecule has 0 spiro atoms. The Morgan fingerprint density at radius 2 is 2.06 bits per heavy atom. The van der Waals surface area contributed by atoms with E-state index in [1.165, 1.54) is 0 Å². The van der Waals surface area contributed by atoms with E-state index >= 15 is 0 Å². The van der Waals surface area contributed by atoms with Crippen molar-refractivity contribution in [1.29, 1.82) is 0 Å². The number of rotatable bonds is 1. The normalized spacial score (nSPS) is 17.3. The summed E-state index contributed by atoms with van der Waals surface area (Å²) >= 11 is 3.44. The van der Waals surface area contributed by atoms with Crippen molar-refractivity contribution in [3.8, 4) is 0 Å². The molecule has 94 valence electrons. The molecule has 0 amide bonds. The summed E-state index contributed by atoms with van der Waals surface area (Å²) in [5.74, 6) is 0.761. The number of fused-ring (bicyclic) bond motifs is 1. The second-order valence-corrected chi connectivity index (χ2v) is 5.51. The third-order valence-corrected chi connectivity index (χ3v) is 3.77. The van der Waals surface area contributed by atoms with Crippen molar-refractivity contribution < 1.29 is 5.11 Å². The van der Waals surface area contributed by atoms with Crippen LogP contribution in [0, 0.1) is 0 Å². The summed E-state index contributed by atoms with van der Waals surface area (Å²) in [5.41, 5.74) is 0.953. The molecule has 1 fully saturated rings. The summed E-state index contributed by atoms with van der Waals surface area (Å²) in [7, 11) is 0. The highest BCUT2D eigenvalue weighted by atomic mass is 79.9. The minimum atomic E-state index is -0.169. The van der Waals surface area contributed by atoms with Gasteiger partial charge in [-0.05, 0) is 31.0 Å². The molecule has 0 aliphatic carbocycles. The number of piperidine rings is 1. The summed E-state index contributed by atoms with van der Waals surface area (Å²) in [6.07, 6.45) is 3.27. The minimum Gasteiger partial charge on any atom is -0.393 e. The van der Waals surface area contributed by atoms with Gasteiger partial charge in [0.15, 0.2) is 0 Å². The highest BCUT2D eigenvalue weighted by Gasteiger charge is 2.19. The van der Waals surface area contributed by atoms with Crippen LogP contribution in [0.1, 0.15) is 12.8 Å². The first kappa shape index (κ1) is 11.9. The van der Waals surface area contributed by atoms with Gasteiger partial charge in [0.05, 0.1) is 11.6 Å². The zero-order valence-corrected chi connectivity index (χ0v) is 11.5. The molecule has 18 heavy (non-hydrogen) atoms. The fourth-order valence-corrected chi connectivity index (χ4v) is 2.59. The quantitative estimate of drug-likeness (QED) is 0.878. The molecule has 3 rings (SSSR count). The topological polar surface area (TPSA) is 49.2 Å². The van der Waals surface area contributed by atoms with Gasteiger partial charge in [-0.3, -0.25) is 0 Å². The largest absolute Gasteiger partial charge is 0.393 e. The molecule has 4 nitrogen and oxygen atoms in total. The predicted octanol–water partition coefficient (Wildman–Crippen LogP) is 2.35. The molecule has 2 aromatic rings. The van der Waals surface area contributed by atoms with E-state index < -0.39 is 0 Å². The van der Waals surface area contributed by atoms with E-state index in [9.17, 15) is 5.11 Å². The Bertz CT molecular complexity index is 567. The summed E-state index contributed by atoms with van der Waals surface area (Å²) in [5, 5.41) is 10.5. The third-order valence-electron chi connectivity index (χ3n) is 3.28. The van der Waals surface area contributed by atoms with Crippen LogP contribution in [0.25, 0.3) is 10.9 Å². The molecule has 0 atom stereocenters. The average molecular weight is 308 g/mol. The van der Waals surface area contributed by atoms with Crippen molar-refractivity contribution in [3.05, 3.63) is 28.9 Å². The summed E-state index contributed by atoms with van der Waals surface area (Å²) in [6.45, 7) is 1.65. The number of hydrogen-bond donors (Lipinski definition) is 1. The van der Waals surface area contributed by atoms with Gasteiger partial charge in [0.25, 0.3) is 0 Å². The third kappa shape index (κ3) is 2.33. The van der Waals surface area contributed by atoms with E-state index in [2.05, 4.69) is 30.8 Å². The lowest BCUT2D eigenvalue weighted by Gasteiger charge is -2.29. The first-order chi connectivity index (χ1) is 8.72. The van der Waals surface area contributed by atoms with Crippen LogP contribution in [-0.2, 0) is 0 Å². The molecule has 0 saturated carbocycles. The summed E-state index contributed by atoms with van der Waals surface area (Å²) in [6, 6.07) is 5.99. The van der Waals surface area contributed by atoms with E-state index in [1.807, 2.05) is 24.4 Å². The van der Waals surface area contributed by atoms with Gasteiger partial charge in [0.2, 0.25) is 5.95 Å². The molecule has 0 bridgehead atoms. The standard InChI is InChI=1S/C13H14BrN3O/c14-10-1-2-12-9(7-10)8-15-13(16-12)17-5-3-11(18)4-6-17/h1-2,7-8,11,18H,3-6H2. The molecule has 0 unspecified atom stereocenters. The number of halogens is 1. The lowest BCUT2D eigenvalue weighted by Crippen LogP contribution is -2.36. The fraction of sp³-hybridized carbons (Fsp3) is 0.385. The van der Waals surface area contributed by atoms with Gasteiger partial charge in [-0.15, -0.1) is 0 Å². The smallest absolute Gasteiger partial charge is 0.225 e. The van der Waals surface area contributed by atoms with Crippen molar-refractivity contribution >= 4 is 32.8 Å². The fourth-order valence-electron chi connectivity index (χ4n) is 2.21. The molecule has 0 radical (unpaired) electrons. The Balaban J connectivity index is 1.91. The highest BCUT2D eigenvalue weighted by molar-refractivity contribution is 9.10. The molecule has 1 saturated heterocycles. The van der Waals surface area contributed by atoms with Gasteiger partial charge >= 0.3 is 0 Å². The predicted molar refractivity (Wildman–Crippen MR) is 74.7 cm³/mol. The lowest BCUT2D eigenvalue weighted by molar-refractivity contribution is 0.145. The van der Waals surface area contributed by atoms with Crippen molar-refractivity contribution in [3.63, 3.8) is 0 Å². The molecule has 1 aromatic carbocycles. The number of aliphatic hydroxyl groups is 1. The Hall–Kier alpha value is -1.20. The van der Waals surface area contributed by atoms with Crippen molar-refractivity contribution in [1.82, 2.24) is 9.97 Å². The molecule has 1 aromatic heterocycles. The average Bonchev–Trinajstić information content (AvgIpc) is 2.39. The van der Waals surface area contributed by atoms with Crippen LogP contribution in [0.3, 0.4) is 0 Å². The van der Waals surface area contributed by atoms with Gasteiger partial charge in [-0.1, -0.05) is 15.9 Å².